The number of nitrogens with one attached hydrogen (secondary N) is 1. The van der Waals surface area contributed by atoms with Gasteiger partial charge in [-0.3, -0.25) is 0 Å². The zero-order valence-electron chi connectivity index (χ0n) is 14.0. The molecule has 1 heterocycles. The van der Waals surface area contributed by atoms with Gasteiger partial charge >= 0.3 is 0 Å². The fourth-order valence-corrected chi connectivity index (χ4v) is 3.12. The van der Waals surface area contributed by atoms with Crippen LogP contribution in [0.4, 0.5) is 0 Å². The quantitative estimate of drug-likeness (QED) is 0.722. The summed E-state index contributed by atoms with van der Waals surface area (Å²) < 4.78 is 11.0. The highest BCUT2D eigenvalue weighted by atomic mass is 16.7. The van der Waals surface area contributed by atoms with Gasteiger partial charge in [-0.1, -0.05) is 66.7 Å². The Morgan fingerprint density at radius 2 is 1.44 bits per heavy atom. The van der Waals surface area contributed by atoms with Crippen molar-refractivity contribution >= 4 is 0 Å². The van der Waals surface area contributed by atoms with Crippen molar-refractivity contribution in [3.63, 3.8) is 0 Å². The molecule has 0 amide bonds. The van der Waals surface area contributed by atoms with Crippen molar-refractivity contribution in [2.75, 3.05) is 6.79 Å². The number of fused-ring (bicyclic) bond motifs is 1. The van der Waals surface area contributed by atoms with Crippen molar-refractivity contribution < 1.29 is 9.47 Å². The number of rotatable bonds is 6. The van der Waals surface area contributed by atoms with Crippen LogP contribution < -0.4 is 14.8 Å². The fourth-order valence-electron chi connectivity index (χ4n) is 3.12. The molecule has 0 aliphatic carbocycles. The van der Waals surface area contributed by atoms with Gasteiger partial charge in [0, 0.05) is 12.6 Å². The molecule has 0 unspecified atom stereocenters. The second-order valence-electron chi connectivity index (χ2n) is 6.22. The first-order chi connectivity index (χ1) is 12.4. The second-order valence-corrected chi connectivity index (χ2v) is 6.22. The van der Waals surface area contributed by atoms with Crippen molar-refractivity contribution in [3.8, 4) is 11.5 Å². The fraction of sp³-hybridized carbons (Fsp3) is 0.182. The average molecular weight is 331 g/mol. The van der Waals surface area contributed by atoms with Gasteiger partial charge in [0.05, 0.1) is 0 Å². The van der Waals surface area contributed by atoms with Gasteiger partial charge in [0.25, 0.3) is 0 Å². The first-order valence-corrected chi connectivity index (χ1v) is 8.59. The SMILES string of the molecule is c1ccc(CN[C@@H](Cc2ccccc2)c2ccc3c(c2)OCO3)cc1. The Kier molecular flexibility index (Phi) is 4.66. The summed E-state index contributed by atoms with van der Waals surface area (Å²) >= 11 is 0. The Labute approximate surface area is 148 Å². The lowest BCUT2D eigenvalue weighted by Crippen LogP contribution is -2.23. The predicted octanol–water partition coefficient (Wildman–Crippen LogP) is 4.49. The Balaban J connectivity index is 1.56. The van der Waals surface area contributed by atoms with Gasteiger partial charge in [0.2, 0.25) is 6.79 Å². The molecule has 25 heavy (non-hydrogen) atoms. The largest absolute Gasteiger partial charge is 0.454 e. The van der Waals surface area contributed by atoms with E-state index >= 15 is 0 Å². The molecule has 1 aliphatic heterocycles. The number of ether oxygens (including phenoxy) is 2. The Morgan fingerprint density at radius 1 is 0.760 bits per heavy atom. The van der Waals surface area contributed by atoms with E-state index in [-0.39, 0.29) is 6.04 Å². The van der Waals surface area contributed by atoms with E-state index in [1.54, 1.807) is 0 Å². The molecule has 1 N–H and O–H groups in total. The van der Waals surface area contributed by atoms with Gasteiger partial charge in [-0.15, -0.1) is 0 Å². The number of hydrogen-bond acceptors (Lipinski definition) is 3. The van der Waals surface area contributed by atoms with Gasteiger partial charge in [-0.05, 0) is 35.2 Å². The molecule has 126 valence electrons. The molecule has 3 aromatic carbocycles. The lowest BCUT2D eigenvalue weighted by atomic mass is 9.98. The van der Waals surface area contributed by atoms with Gasteiger partial charge < -0.3 is 14.8 Å². The summed E-state index contributed by atoms with van der Waals surface area (Å²) in [4.78, 5) is 0. The van der Waals surface area contributed by atoms with E-state index in [4.69, 9.17) is 9.47 Å². The minimum Gasteiger partial charge on any atom is -0.454 e. The number of benzene rings is 3. The summed E-state index contributed by atoms with van der Waals surface area (Å²) in [5, 5.41) is 3.70. The first-order valence-electron chi connectivity index (χ1n) is 8.59. The second kappa shape index (κ2) is 7.41. The van der Waals surface area contributed by atoms with Crippen LogP contribution in [0.25, 0.3) is 0 Å². The molecule has 3 aromatic rings. The van der Waals surface area contributed by atoms with Crippen molar-refractivity contribution in [3.05, 3.63) is 95.6 Å². The Hall–Kier alpha value is -2.78. The Morgan fingerprint density at radius 3 is 2.20 bits per heavy atom. The lowest BCUT2D eigenvalue weighted by molar-refractivity contribution is 0.174. The third-order valence-electron chi connectivity index (χ3n) is 4.48. The van der Waals surface area contributed by atoms with E-state index in [1.807, 2.05) is 12.1 Å². The maximum Gasteiger partial charge on any atom is 0.231 e. The van der Waals surface area contributed by atoms with Crippen LogP contribution >= 0.6 is 0 Å². The summed E-state index contributed by atoms with van der Waals surface area (Å²) in [6.45, 7) is 1.13. The molecule has 1 aliphatic rings. The van der Waals surface area contributed by atoms with Crippen LogP contribution in [0.1, 0.15) is 22.7 Å². The molecule has 0 spiro atoms. The predicted molar refractivity (Wildman–Crippen MR) is 98.7 cm³/mol. The molecule has 0 bridgehead atoms. The first kappa shape index (κ1) is 15.7. The van der Waals surface area contributed by atoms with E-state index < -0.39 is 0 Å². The highest BCUT2D eigenvalue weighted by Crippen LogP contribution is 2.35. The van der Waals surface area contributed by atoms with E-state index in [2.05, 4.69) is 72.0 Å². The molecule has 0 radical (unpaired) electrons. The normalized spacial score (nSPS) is 13.6. The molecule has 3 heteroatoms. The van der Waals surface area contributed by atoms with E-state index in [0.29, 0.717) is 6.79 Å². The molecular formula is C22H21NO2. The molecular weight excluding hydrogens is 310 g/mol. The Bertz CT molecular complexity index is 818. The summed E-state index contributed by atoms with van der Waals surface area (Å²) in [6.07, 6.45) is 0.924. The molecule has 0 saturated carbocycles. The lowest BCUT2D eigenvalue weighted by Gasteiger charge is -2.20. The highest BCUT2D eigenvalue weighted by molar-refractivity contribution is 5.45. The van der Waals surface area contributed by atoms with Crippen molar-refractivity contribution in [1.29, 1.82) is 0 Å². The third-order valence-corrected chi connectivity index (χ3v) is 4.48. The summed E-state index contributed by atoms with van der Waals surface area (Å²) in [6, 6.07) is 27.5. The van der Waals surface area contributed by atoms with Crippen LogP contribution in [0.15, 0.2) is 78.9 Å². The van der Waals surface area contributed by atoms with E-state index in [9.17, 15) is 0 Å². The molecule has 0 aromatic heterocycles. The van der Waals surface area contributed by atoms with E-state index in [0.717, 1.165) is 24.5 Å². The minimum atomic E-state index is 0.206. The van der Waals surface area contributed by atoms with Crippen LogP contribution in [-0.2, 0) is 13.0 Å². The number of hydrogen-bond donors (Lipinski definition) is 1. The van der Waals surface area contributed by atoms with Gasteiger partial charge in [0.1, 0.15) is 0 Å². The van der Waals surface area contributed by atoms with Crippen molar-refractivity contribution in [1.82, 2.24) is 5.32 Å². The zero-order valence-corrected chi connectivity index (χ0v) is 14.0. The molecule has 1 atom stereocenters. The molecule has 3 nitrogen and oxygen atoms in total. The van der Waals surface area contributed by atoms with Crippen LogP contribution in [0, 0.1) is 0 Å². The van der Waals surface area contributed by atoms with Crippen LogP contribution in [0.2, 0.25) is 0 Å². The average Bonchev–Trinajstić information content (AvgIpc) is 3.14. The van der Waals surface area contributed by atoms with Crippen LogP contribution in [0.3, 0.4) is 0 Å². The highest BCUT2D eigenvalue weighted by Gasteiger charge is 2.18. The van der Waals surface area contributed by atoms with E-state index in [1.165, 1.54) is 16.7 Å². The maximum atomic E-state index is 5.55. The monoisotopic (exact) mass is 331 g/mol. The van der Waals surface area contributed by atoms with Crippen LogP contribution in [-0.4, -0.2) is 6.79 Å². The summed E-state index contributed by atoms with van der Waals surface area (Å²) in [7, 11) is 0. The minimum absolute atomic E-state index is 0.206. The topological polar surface area (TPSA) is 30.5 Å². The summed E-state index contributed by atoms with van der Waals surface area (Å²) in [5.74, 6) is 1.65. The van der Waals surface area contributed by atoms with Crippen LogP contribution in [0.5, 0.6) is 11.5 Å². The van der Waals surface area contributed by atoms with Gasteiger partial charge in [0.15, 0.2) is 11.5 Å². The van der Waals surface area contributed by atoms with Crippen molar-refractivity contribution in [2.24, 2.45) is 0 Å². The molecule has 0 saturated heterocycles. The standard InChI is InChI=1S/C22H21NO2/c1-3-7-17(8-4-1)13-20(23-15-18-9-5-2-6-10-18)19-11-12-21-22(14-19)25-16-24-21/h1-12,14,20,23H,13,15-16H2/t20-/m0/s1. The molecule has 4 rings (SSSR count). The molecule has 0 fully saturated rings. The van der Waals surface area contributed by atoms with Crippen molar-refractivity contribution in [2.45, 2.75) is 19.0 Å². The third kappa shape index (κ3) is 3.83. The smallest absolute Gasteiger partial charge is 0.231 e. The maximum absolute atomic E-state index is 5.55. The van der Waals surface area contributed by atoms with Gasteiger partial charge in [-0.25, -0.2) is 0 Å². The summed E-state index contributed by atoms with van der Waals surface area (Å²) in [5.41, 5.74) is 3.80. The zero-order chi connectivity index (χ0) is 16.9. The van der Waals surface area contributed by atoms with Gasteiger partial charge in [-0.2, -0.15) is 0 Å².